The van der Waals surface area contributed by atoms with Crippen molar-refractivity contribution < 1.29 is 32.6 Å². The predicted molar refractivity (Wildman–Crippen MR) is 134 cm³/mol. The lowest BCUT2D eigenvalue weighted by atomic mass is 9.93. The van der Waals surface area contributed by atoms with E-state index in [0.29, 0.717) is 42.2 Å². The molecule has 0 unspecified atom stereocenters. The number of para-hydroxylation sites is 1. The maximum Gasteiger partial charge on any atom is 0.382 e. The molecule has 2 aliphatic rings. The number of furan rings is 1. The lowest BCUT2D eigenvalue weighted by Crippen LogP contribution is -2.51. The van der Waals surface area contributed by atoms with Crippen molar-refractivity contribution in [1.29, 1.82) is 0 Å². The number of carbonyl (C=O) groups excluding carboxylic acids is 1. The zero-order valence-electron chi connectivity index (χ0n) is 20.6. The van der Waals surface area contributed by atoms with Gasteiger partial charge in [-0.25, -0.2) is 0 Å². The number of halogens is 3. The van der Waals surface area contributed by atoms with Crippen LogP contribution in [0, 0.1) is 5.41 Å². The molecule has 0 saturated carbocycles. The Balaban J connectivity index is 1.42. The minimum Gasteiger partial charge on any atom is -0.486 e. The van der Waals surface area contributed by atoms with Crippen LogP contribution in [0.15, 0.2) is 46.9 Å². The van der Waals surface area contributed by atoms with Crippen LogP contribution in [0.4, 0.5) is 8.78 Å². The molecule has 3 aromatic rings. The second-order valence-corrected chi connectivity index (χ2v) is 10.8. The van der Waals surface area contributed by atoms with Crippen LogP contribution in [0.25, 0.3) is 11.0 Å². The quantitative estimate of drug-likeness (QED) is 0.448. The van der Waals surface area contributed by atoms with E-state index in [-0.39, 0.29) is 22.6 Å². The number of carbonyl (C=O) groups is 1. The Morgan fingerprint density at radius 3 is 2.62 bits per heavy atom. The number of aliphatic hydroxyl groups is 1. The van der Waals surface area contributed by atoms with Crippen LogP contribution in [-0.2, 0) is 10.7 Å². The molecular weight excluding hydrogens is 506 g/mol. The van der Waals surface area contributed by atoms with E-state index in [1.165, 1.54) is 6.07 Å². The van der Waals surface area contributed by atoms with Crippen LogP contribution in [0.2, 0.25) is 5.02 Å². The topological polar surface area (TPSA) is 84.2 Å². The first kappa shape index (κ1) is 25.8. The molecule has 1 saturated heterocycles. The summed E-state index contributed by atoms with van der Waals surface area (Å²) in [5.74, 6) is -5.61. The average Bonchev–Trinajstić information content (AvgIpc) is 3.41. The van der Waals surface area contributed by atoms with E-state index in [1.807, 2.05) is 0 Å². The van der Waals surface area contributed by atoms with Crippen molar-refractivity contribution in [3.8, 4) is 11.5 Å². The summed E-state index contributed by atoms with van der Waals surface area (Å²) in [6, 6.07) is 10.2. The zero-order valence-corrected chi connectivity index (χ0v) is 21.4. The molecular formula is C27H29ClF2N2O5. The molecule has 2 aliphatic heterocycles. The number of hydrogen-bond donors (Lipinski definition) is 2. The Labute approximate surface area is 218 Å². The van der Waals surface area contributed by atoms with Crippen molar-refractivity contribution in [3.05, 3.63) is 58.8 Å². The SMILES string of the molecule is CC1(C)CCN(C[C@@H](NC(=O)C(F)(F)c2oc3ccccc3c2Cl)[C@@H](O)c2ccc3c(c2)OCCO3)C1. The number of hydrogen-bond acceptors (Lipinski definition) is 6. The number of alkyl halides is 2. The van der Waals surface area contributed by atoms with E-state index in [4.69, 9.17) is 25.5 Å². The molecule has 10 heteroatoms. The molecule has 1 amide bonds. The standard InChI is InChI=1S/C27H29ClF2N2O5/c1-26(2)9-10-32(15-26)14-18(23(33)16-7-8-20-21(13-16)36-12-11-35-20)31-25(34)27(29,30)24-22(28)17-5-3-4-6-19(17)37-24/h3-8,13,18,23,33H,9-12,14-15H2,1-2H3,(H,31,34)/t18-,23+/m1/s1. The van der Waals surface area contributed by atoms with Gasteiger partial charge in [0, 0.05) is 18.5 Å². The van der Waals surface area contributed by atoms with Gasteiger partial charge in [0.1, 0.15) is 24.9 Å². The molecule has 198 valence electrons. The van der Waals surface area contributed by atoms with Gasteiger partial charge in [0.25, 0.3) is 5.91 Å². The minimum atomic E-state index is -4.06. The van der Waals surface area contributed by atoms with Crippen LogP contribution in [0.3, 0.4) is 0 Å². The van der Waals surface area contributed by atoms with E-state index >= 15 is 8.78 Å². The summed E-state index contributed by atoms with van der Waals surface area (Å²) in [4.78, 5) is 15.1. The Hall–Kier alpha value is -2.88. The van der Waals surface area contributed by atoms with E-state index < -0.39 is 29.7 Å². The Kier molecular flexibility index (Phi) is 6.81. The molecule has 7 nitrogen and oxygen atoms in total. The lowest BCUT2D eigenvalue weighted by Gasteiger charge is -2.31. The summed E-state index contributed by atoms with van der Waals surface area (Å²) in [5, 5.41) is 13.7. The van der Waals surface area contributed by atoms with Gasteiger partial charge in [-0.3, -0.25) is 4.79 Å². The van der Waals surface area contributed by atoms with Crippen LogP contribution in [-0.4, -0.2) is 54.8 Å². The molecule has 3 heterocycles. The van der Waals surface area contributed by atoms with Crippen LogP contribution < -0.4 is 14.8 Å². The smallest absolute Gasteiger partial charge is 0.382 e. The van der Waals surface area contributed by atoms with E-state index in [2.05, 4.69) is 24.1 Å². The highest BCUT2D eigenvalue weighted by Gasteiger charge is 2.48. The highest BCUT2D eigenvalue weighted by atomic mass is 35.5. The fraction of sp³-hybridized carbons (Fsp3) is 0.444. The minimum absolute atomic E-state index is 0.0439. The third-order valence-corrected chi connectivity index (χ3v) is 7.30. The van der Waals surface area contributed by atoms with Gasteiger partial charge in [0.2, 0.25) is 5.76 Å². The summed E-state index contributed by atoms with van der Waals surface area (Å²) >= 11 is 6.18. The van der Waals surface area contributed by atoms with Crippen molar-refractivity contribution in [2.75, 3.05) is 32.8 Å². The third kappa shape index (κ3) is 5.12. The van der Waals surface area contributed by atoms with Gasteiger partial charge in [-0.15, -0.1) is 0 Å². The number of nitrogens with one attached hydrogen (secondary N) is 1. The molecule has 5 rings (SSSR count). The fourth-order valence-electron chi connectivity index (χ4n) is 4.94. The van der Waals surface area contributed by atoms with Gasteiger partial charge in [-0.05, 0) is 48.2 Å². The summed E-state index contributed by atoms with van der Waals surface area (Å²) in [6.45, 7) is 6.62. The third-order valence-electron chi connectivity index (χ3n) is 6.92. The molecule has 1 aromatic heterocycles. The molecule has 0 bridgehead atoms. The van der Waals surface area contributed by atoms with Gasteiger partial charge in [0.15, 0.2) is 11.5 Å². The van der Waals surface area contributed by atoms with Crippen molar-refractivity contribution in [3.63, 3.8) is 0 Å². The maximum atomic E-state index is 15.4. The Morgan fingerprint density at radius 2 is 1.92 bits per heavy atom. The monoisotopic (exact) mass is 534 g/mol. The van der Waals surface area contributed by atoms with Crippen molar-refractivity contribution >= 4 is 28.5 Å². The van der Waals surface area contributed by atoms with Crippen molar-refractivity contribution in [2.24, 2.45) is 5.41 Å². The Morgan fingerprint density at radius 1 is 1.19 bits per heavy atom. The van der Waals surface area contributed by atoms with Gasteiger partial charge in [0.05, 0.1) is 11.1 Å². The maximum absolute atomic E-state index is 15.4. The first-order chi connectivity index (χ1) is 17.5. The summed E-state index contributed by atoms with van der Waals surface area (Å²) in [6.07, 6.45) is -0.371. The average molecular weight is 535 g/mol. The van der Waals surface area contributed by atoms with E-state index in [9.17, 15) is 9.90 Å². The molecule has 0 aliphatic carbocycles. The molecule has 2 atom stereocenters. The highest BCUT2D eigenvalue weighted by Crippen LogP contribution is 2.41. The first-order valence-corrected chi connectivity index (χ1v) is 12.6. The molecule has 0 spiro atoms. The molecule has 1 fully saturated rings. The number of ether oxygens (including phenoxy) is 2. The zero-order chi connectivity index (χ0) is 26.4. The van der Waals surface area contributed by atoms with Gasteiger partial charge in [-0.2, -0.15) is 8.78 Å². The molecule has 2 aromatic carbocycles. The predicted octanol–water partition coefficient (Wildman–Crippen LogP) is 4.90. The van der Waals surface area contributed by atoms with Gasteiger partial charge < -0.3 is 29.2 Å². The summed E-state index contributed by atoms with van der Waals surface area (Å²) in [7, 11) is 0. The molecule has 0 radical (unpaired) electrons. The molecule has 37 heavy (non-hydrogen) atoms. The number of likely N-dealkylation sites (tertiary alicyclic amines) is 1. The molecule has 2 N–H and O–H groups in total. The van der Waals surface area contributed by atoms with Gasteiger partial charge in [-0.1, -0.05) is 43.6 Å². The number of nitrogens with zero attached hydrogens (tertiary/aromatic N) is 1. The van der Waals surface area contributed by atoms with E-state index in [0.717, 1.165) is 13.0 Å². The first-order valence-electron chi connectivity index (χ1n) is 12.2. The highest BCUT2D eigenvalue weighted by molar-refractivity contribution is 6.36. The second kappa shape index (κ2) is 9.78. The fourth-order valence-corrected chi connectivity index (χ4v) is 5.25. The number of amides is 1. The largest absolute Gasteiger partial charge is 0.486 e. The summed E-state index contributed by atoms with van der Waals surface area (Å²) < 4.78 is 47.3. The van der Waals surface area contributed by atoms with Crippen LogP contribution in [0.1, 0.15) is 37.7 Å². The lowest BCUT2D eigenvalue weighted by molar-refractivity contribution is -0.151. The number of rotatable bonds is 7. The van der Waals surface area contributed by atoms with Crippen molar-refractivity contribution in [1.82, 2.24) is 10.2 Å². The normalized spacial score (nSPS) is 19.1. The number of aliphatic hydroxyl groups excluding tert-OH is 1. The van der Waals surface area contributed by atoms with Crippen molar-refractivity contribution in [2.45, 2.75) is 38.3 Å². The van der Waals surface area contributed by atoms with Crippen LogP contribution in [0.5, 0.6) is 11.5 Å². The second-order valence-electron chi connectivity index (χ2n) is 10.4. The number of fused-ring (bicyclic) bond motifs is 2. The Bertz CT molecular complexity index is 1310. The van der Waals surface area contributed by atoms with Crippen LogP contribution >= 0.6 is 11.6 Å². The van der Waals surface area contributed by atoms with E-state index in [1.54, 1.807) is 36.4 Å². The summed E-state index contributed by atoms with van der Waals surface area (Å²) in [5.41, 5.74) is 0.614. The number of benzene rings is 2. The van der Waals surface area contributed by atoms with Gasteiger partial charge >= 0.3 is 5.92 Å².